The first kappa shape index (κ1) is 10.1. The van der Waals surface area contributed by atoms with Gasteiger partial charge in [-0.15, -0.1) is 0 Å². The van der Waals surface area contributed by atoms with E-state index in [9.17, 15) is 8.42 Å². The Morgan fingerprint density at radius 2 is 1.62 bits per heavy atom. The van der Waals surface area contributed by atoms with Gasteiger partial charge in [0.15, 0.2) is 0 Å². The minimum Gasteiger partial charge on any atom is -0.382 e. The predicted molar refractivity (Wildman–Crippen MR) is 51.4 cm³/mol. The van der Waals surface area contributed by atoms with E-state index in [0.29, 0.717) is 5.75 Å². The summed E-state index contributed by atoms with van der Waals surface area (Å²) in [6.07, 6.45) is 1.04. The fraction of sp³-hybridized carbons (Fsp3) is 0.333. The zero-order valence-corrected chi connectivity index (χ0v) is 8.68. The van der Waals surface area contributed by atoms with Crippen LogP contribution in [0.25, 0.3) is 0 Å². The lowest BCUT2D eigenvalue weighted by molar-refractivity contribution is 0.489. The summed E-state index contributed by atoms with van der Waals surface area (Å²) >= 11 is 0. The van der Waals surface area contributed by atoms with Gasteiger partial charge in [0, 0.05) is 0 Å². The minimum atomic E-state index is -3.42. The van der Waals surface area contributed by atoms with Crippen molar-refractivity contribution in [3.8, 4) is 5.75 Å². The van der Waals surface area contributed by atoms with Crippen LogP contribution in [0.2, 0.25) is 0 Å². The molecule has 0 radical (unpaired) electrons. The maximum atomic E-state index is 10.9. The maximum absolute atomic E-state index is 10.9. The van der Waals surface area contributed by atoms with Gasteiger partial charge in [0.25, 0.3) is 0 Å². The third-order valence-electron chi connectivity index (χ3n) is 1.64. The Morgan fingerprint density at radius 1 is 1.15 bits per heavy atom. The molecule has 0 fully saturated rings. The second kappa shape index (κ2) is 3.38. The largest absolute Gasteiger partial charge is 0.382 e. The Bertz CT molecular complexity index is 387. The van der Waals surface area contributed by atoms with Crippen molar-refractivity contribution < 1.29 is 12.6 Å². The van der Waals surface area contributed by atoms with E-state index in [4.69, 9.17) is 4.18 Å². The molecule has 0 N–H and O–H groups in total. The van der Waals surface area contributed by atoms with Gasteiger partial charge < -0.3 is 4.18 Å². The van der Waals surface area contributed by atoms with Gasteiger partial charge >= 0.3 is 10.1 Å². The van der Waals surface area contributed by atoms with Crippen LogP contribution in [-0.2, 0) is 10.1 Å². The van der Waals surface area contributed by atoms with Gasteiger partial charge in [-0.25, -0.2) is 0 Å². The molecule has 4 heteroatoms. The molecule has 0 aliphatic heterocycles. The quantitative estimate of drug-likeness (QED) is 0.682. The van der Waals surface area contributed by atoms with Crippen molar-refractivity contribution in [2.75, 3.05) is 6.26 Å². The summed E-state index contributed by atoms with van der Waals surface area (Å²) in [7, 11) is -3.42. The number of para-hydroxylation sites is 1. The van der Waals surface area contributed by atoms with Gasteiger partial charge in [-0.05, 0) is 25.0 Å². The van der Waals surface area contributed by atoms with E-state index in [1.165, 1.54) is 0 Å². The van der Waals surface area contributed by atoms with Crippen LogP contribution >= 0.6 is 0 Å². The van der Waals surface area contributed by atoms with E-state index in [1.807, 2.05) is 32.0 Å². The smallest absolute Gasteiger partial charge is 0.306 e. The molecule has 0 bridgehead atoms. The molecule has 72 valence electrons. The van der Waals surface area contributed by atoms with Crippen LogP contribution in [0.5, 0.6) is 5.75 Å². The lowest BCUT2D eigenvalue weighted by Gasteiger charge is -2.08. The minimum absolute atomic E-state index is 0.435. The summed E-state index contributed by atoms with van der Waals surface area (Å²) in [6, 6.07) is 5.49. The van der Waals surface area contributed by atoms with E-state index >= 15 is 0 Å². The fourth-order valence-corrected chi connectivity index (χ4v) is 1.65. The summed E-state index contributed by atoms with van der Waals surface area (Å²) in [5, 5.41) is 0. The van der Waals surface area contributed by atoms with Crippen molar-refractivity contribution in [1.82, 2.24) is 0 Å². The fourth-order valence-electron chi connectivity index (χ4n) is 1.08. The molecule has 0 saturated carbocycles. The molecular formula is C9H12O3S. The van der Waals surface area contributed by atoms with Crippen LogP contribution in [0.4, 0.5) is 0 Å². The Labute approximate surface area is 78.5 Å². The Kier molecular flexibility index (Phi) is 2.61. The molecule has 1 rings (SSSR count). The summed E-state index contributed by atoms with van der Waals surface area (Å²) in [5.41, 5.74) is 1.65. The molecule has 0 spiro atoms. The summed E-state index contributed by atoms with van der Waals surface area (Å²) in [5.74, 6) is 0.435. The van der Waals surface area contributed by atoms with Gasteiger partial charge in [0.2, 0.25) is 0 Å². The number of benzene rings is 1. The molecule has 0 aliphatic rings. The average Bonchev–Trinajstić information content (AvgIpc) is 1.95. The number of aryl methyl sites for hydroxylation is 2. The molecule has 0 aromatic heterocycles. The molecule has 0 heterocycles. The molecule has 0 saturated heterocycles. The SMILES string of the molecule is Cc1cccc(C)c1OS(C)(=O)=O. The van der Waals surface area contributed by atoms with Crippen molar-refractivity contribution in [2.24, 2.45) is 0 Å². The van der Waals surface area contributed by atoms with E-state index in [2.05, 4.69) is 0 Å². The van der Waals surface area contributed by atoms with Gasteiger partial charge in [-0.3, -0.25) is 0 Å². The predicted octanol–water partition coefficient (Wildman–Crippen LogP) is 1.64. The highest BCUT2D eigenvalue weighted by atomic mass is 32.2. The lowest BCUT2D eigenvalue weighted by Crippen LogP contribution is -2.07. The van der Waals surface area contributed by atoms with Gasteiger partial charge in [-0.2, -0.15) is 8.42 Å². The van der Waals surface area contributed by atoms with Crippen molar-refractivity contribution in [3.05, 3.63) is 29.3 Å². The molecule has 0 amide bonds. The Hall–Kier alpha value is -1.03. The Morgan fingerprint density at radius 3 is 2.00 bits per heavy atom. The van der Waals surface area contributed by atoms with Gasteiger partial charge in [0.1, 0.15) is 5.75 Å². The molecule has 1 aromatic carbocycles. The third kappa shape index (κ3) is 2.73. The van der Waals surface area contributed by atoms with E-state index < -0.39 is 10.1 Å². The summed E-state index contributed by atoms with van der Waals surface area (Å²) < 4.78 is 26.6. The lowest BCUT2D eigenvalue weighted by atomic mass is 10.1. The zero-order valence-electron chi connectivity index (χ0n) is 7.87. The number of hydrogen-bond donors (Lipinski definition) is 0. The third-order valence-corrected chi connectivity index (χ3v) is 2.11. The zero-order chi connectivity index (χ0) is 10.1. The van der Waals surface area contributed by atoms with Crippen molar-refractivity contribution >= 4 is 10.1 Å². The van der Waals surface area contributed by atoms with Crippen LogP contribution in [0.3, 0.4) is 0 Å². The first-order chi connectivity index (χ1) is 5.90. The molecule has 0 atom stereocenters. The average molecular weight is 200 g/mol. The number of rotatable bonds is 2. The van der Waals surface area contributed by atoms with Gasteiger partial charge in [-0.1, -0.05) is 18.2 Å². The highest BCUT2D eigenvalue weighted by Crippen LogP contribution is 2.23. The summed E-state index contributed by atoms with van der Waals surface area (Å²) in [6.45, 7) is 3.63. The van der Waals surface area contributed by atoms with E-state index in [0.717, 1.165) is 17.4 Å². The van der Waals surface area contributed by atoms with Crippen molar-refractivity contribution in [1.29, 1.82) is 0 Å². The second-order valence-corrected chi connectivity index (χ2v) is 4.58. The maximum Gasteiger partial charge on any atom is 0.306 e. The van der Waals surface area contributed by atoms with Crippen LogP contribution < -0.4 is 4.18 Å². The normalized spacial score (nSPS) is 11.3. The molecular weight excluding hydrogens is 188 g/mol. The summed E-state index contributed by atoms with van der Waals surface area (Å²) in [4.78, 5) is 0. The second-order valence-electron chi connectivity index (χ2n) is 3.01. The standard InChI is InChI=1S/C9H12O3S/c1-7-5-4-6-8(2)9(7)12-13(3,10)11/h4-6H,1-3H3. The van der Waals surface area contributed by atoms with Crippen LogP contribution in [0.1, 0.15) is 11.1 Å². The first-order valence-electron chi connectivity index (χ1n) is 3.86. The van der Waals surface area contributed by atoms with Crippen molar-refractivity contribution in [2.45, 2.75) is 13.8 Å². The Balaban J connectivity index is 3.15. The van der Waals surface area contributed by atoms with Gasteiger partial charge in [0.05, 0.1) is 6.26 Å². The molecule has 0 unspecified atom stereocenters. The monoisotopic (exact) mass is 200 g/mol. The van der Waals surface area contributed by atoms with E-state index in [-0.39, 0.29) is 0 Å². The van der Waals surface area contributed by atoms with Crippen LogP contribution in [-0.4, -0.2) is 14.7 Å². The van der Waals surface area contributed by atoms with E-state index in [1.54, 1.807) is 0 Å². The molecule has 13 heavy (non-hydrogen) atoms. The first-order valence-corrected chi connectivity index (χ1v) is 5.67. The molecule has 3 nitrogen and oxygen atoms in total. The van der Waals surface area contributed by atoms with Crippen LogP contribution in [0, 0.1) is 13.8 Å². The highest BCUT2D eigenvalue weighted by molar-refractivity contribution is 7.86. The van der Waals surface area contributed by atoms with Crippen molar-refractivity contribution in [3.63, 3.8) is 0 Å². The highest BCUT2D eigenvalue weighted by Gasteiger charge is 2.09. The topological polar surface area (TPSA) is 43.4 Å². The molecule has 0 aliphatic carbocycles. The van der Waals surface area contributed by atoms with Crippen LogP contribution in [0.15, 0.2) is 18.2 Å². The molecule has 1 aromatic rings. The number of hydrogen-bond acceptors (Lipinski definition) is 3.